The number of aliphatic hydroxyl groups is 1. The molecular formula is C39H45N3O8. The molecule has 4 aliphatic rings. The van der Waals surface area contributed by atoms with Crippen molar-refractivity contribution in [2.45, 2.75) is 62.6 Å². The van der Waals surface area contributed by atoms with E-state index in [-0.39, 0.29) is 41.6 Å². The highest BCUT2D eigenvalue weighted by molar-refractivity contribution is 5.84. The SMILES string of the molecule is CNCCOc1cc([C@H]2Oc3c(ccc4c3[C@@]3(CC[C@@H](CC5=CNC(N)C=C5)C3)Cc3cc(O)cc(OCO)c3-4)[C@@H]2COC(C)=O)ccc1O. The first-order valence-electron chi connectivity index (χ1n) is 17.3. The smallest absolute Gasteiger partial charge is 0.302 e. The average Bonchev–Trinajstić information content (AvgIpc) is 3.66. The summed E-state index contributed by atoms with van der Waals surface area (Å²) in [7, 11) is 1.83. The maximum atomic E-state index is 12.1. The maximum absolute atomic E-state index is 12.1. The van der Waals surface area contributed by atoms with Gasteiger partial charge in [-0.25, -0.2) is 0 Å². The molecule has 264 valence electrons. The van der Waals surface area contributed by atoms with Gasteiger partial charge in [-0.05, 0) is 91.6 Å². The summed E-state index contributed by atoms with van der Waals surface area (Å²) < 4.78 is 24.3. The number of aromatic hydroxyl groups is 2. The quantitative estimate of drug-likeness (QED) is 0.0936. The summed E-state index contributed by atoms with van der Waals surface area (Å²) in [5.74, 6) is 1.30. The van der Waals surface area contributed by atoms with E-state index in [9.17, 15) is 20.1 Å². The Hall–Kier alpha value is -4.71. The first kappa shape index (κ1) is 33.8. The number of carbonyl (C=O) groups is 1. The van der Waals surface area contributed by atoms with Crippen molar-refractivity contribution in [3.05, 3.63) is 88.6 Å². The summed E-state index contributed by atoms with van der Waals surface area (Å²) in [5.41, 5.74) is 12.4. The third kappa shape index (κ3) is 6.36. The predicted octanol–water partition coefficient (Wildman–Crippen LogP) is 4.78. The largest absolute Gasteiger partial charge is 0.508 e. The van der Waals surface area contributed by atoms with E-state index in [1.165, 1.54) is 12.5 Å². The molecule has 2 aliphatic heterocycles. The number of ether oxygens (including phenoxy) is 4. The first-order valence-corrected chi connectivity index (χ1v) is 17.3. The molecule has 1 saturated carbocycles. The number of nitrogens with one attached hydrogen (secondary N) is 2. The molecule has 3 aromatic rings. The number of likely N-dealkylation sites (N-methyl/N-ethyl adjacent to an activating group) is 1. The number of rotatable bonds is 11. The molecule has 11 heteroatoms. The number of phenols is 2. The van der Waals surface area contributed by atoms with E-state index in [4.69, 9.17) is 24.7 Å². The van der Waals surface area contributed by atoms with Gasteiger partial charge in [-0.15, -0.1) is 0 Å². The lowest BCUT2D eigenvalue weighted by molar-refractivity contribution is -0.141. The fourth-order valence-electron chi connectivity index (χ4n) is 8.43. The van der Waals surface area contributed by atoms with Gasteiger partial charge in [0, 0.05) is 47.8 Å². The highest BCUT2D eigenvalue weighted by Gasteiger charge is 2.50. The van der Waals surface area contributed by atoms with Gasteiger partial charge in [-0.1, -0.05) is 24.3 Å². The van der Waals surface area contributed by atoms with Crippen LogP contribution in [-0.4, -0.2) is 61.1 Å². The van der Waals surface area contributed by atoms with Gasteiger partial charge < -0.3 is 50.6 Å². The van der Waals surface area contributed by atoms with E-state index in [1.54, 1.807) is 18.2 Å². The standard InChI is InChI=1S/C39H45N3O8/c1-22(44)48-20-30-28-5-6-29-35-26(14-27(45)16-33(35)49-21-43)18-39(10-9-23(17-39)13-24-3-8-34(40)42-19-24)36(29)38(28)50-37(30)25-4-7-31(46)32(15-25)47-12-11-41-2/h3-8,14-16,19,23,30,34,37,41-43,45-46H,9-13,17-18,20-21,40H2,1-2H3/t23-,30-,34?,37+,39+/m0/s1. The summed E-state index contributed by atoms with van der Waals surface area (Å²) in [4.78, 5) is 12.1. The van der Waals surface area contributed by atoms with Crippen LogP contribution in [0.3, 0.4) is 0 Å². The fourth-order valence-corrected chi connectivity index (χ4v) is 8.43. The number of aliphatic hydroxyl groups excluding tert-OH is 1. The normalized spacial score (nSPS) is 24.4. The van der Waals surface area contributed by atoms with Crippen LogP contribution < -0.4 is 30.6 Å². The van der Waals surface area contributed by atoms with Crippen LogP contribution in [-0.2, 0) is 21.4 Å². The molecule has 0 aromatic heterocycles. The van der Waals surface area contributed by atoms with Crippen LogP contribution >= 0.6 is 0 Å². The molecule has 1 fully saturated rings. The summed E-state index contributed by atoms with van der Waals surface area (Å²) in [6.07, 6.45) is 9.73. The van der Waals surface area contributed by atoms with Crippen molar-refractivity contribution in [3.63, 3.8) is 0 Å². The predicted molar refractivity (Wildman–Crippen MR) is 187 cm³/mol. The second kappa shape index (κ2) is 13.9. The van der Waals surface area contributed by atoms with Gasteiger partial charge in [0.25, 0.3) is 0 Å². The fraction of sp³-hybridized carbons (Fsp3) is 0.410. The van der Waals surface area contributed by atoms with Crippen LogP contribution in [0.25, 0.3) is 11.1 Å². The number of hydrogen-bond donors (Lipinski definition) is 6. The van der Waals surface area contributed by atoms with Crippen molar-refractivity contribution < 1.29 is 39.1 Å². The zero-order chi connectivity index (χ0) is 35.0. The van der Waals surface area contributed by atoms with Crippen LogP contribution in [0.2, 0.25) is 0 Å². The Kier molecular flexibility index (Phi) is 9.38. The number of fused-ring (bicyclic) bond motifs is 6. The van der Waals surface area contributed by atoms with Crippen LogP contribution in [0.4, 0.5) is 0 Å². The second-order valence-electron chi connectivity index (χ2n) is 13.8. The first-order chi connectivity index (χ1) is 24.2. The Bertz CT molecular complexity index is 1840. The van der Waals surface area contributed by atoms with Crippen LogP contribution in [0, 0.1) is 5.92 Å². The number of benzene rings is 3. The van der Waals surface area contributed by atoms with Gasteiger partial charge in [0.2, 0.25) is 0 Å². The summed E-state index contributed by atoms with van der Waals surface area (Å²) in [6.45, 7) is 1.95. The van der Waals surface area contributed by atoms with Gasteiger partial charge in [-0.2, -0.15) is 0 Å². The monoisotopic (exact) mass is 683 g/mol. The molecule has 0 saturated heterocycles. The van der Waals surface area contributed by atoms with Crippen molar-refractivity contribution in [2.75, 3.05) is 33.6 Å². The minimum Gasteiger partial charge on any atom is -0.508 e. The topological polar surface area (TPSA) is 165 Å². The lowest BCUT2D eigenvalue weighted by Gasteiger charge is -2.39. The Balaban J connectivity index is 1.34. The van der Waals surface area contributed by atoms with Crippen molar-refractivity contribution >= 4 is 5.97 Å². The lowest BCUT2D eigenvalue weighted by Crippen LogP contribution is -2.33. The number of dihydropyridines is 1. The number of esters is 1. The van der Waals surface area contributed by atoms with Crippen molar-refractivity contribution in [1.29, 1.82) is 0 Å². The van der Waals surface area contributed by atoms with E-state index in [0.29, 0.717) is 37.0 Å². The third-order valence-corrected chi connectivity index (χ3v) is 10.5. The molecule has 50 heavy (non-hydrogen) atoms. The minimum absolute atomic E-state index is 0.0293. The number of phenolic OH excluding ortho intramolecular Hbond substituents is 2. The van der Waals surface area contributed by atoms with E-state index in [1.807, 2.05) is 37.5 Å². The molecule has 7 N–H and O–H groups in total. The van der Waals surface area contributed by atoms with Crippen molar-refractivity contribution in [3.8, 4) is 39.9 Å². The Morgan fingerprint density at radius 2 is 2.00 bits per heavy atom. The maximum Gasteiger partial charge on any atom is 0.302 e. The molecule has 3 aromatic carbocycles. The molecule has 1 unspecified atom stereocenters. The van der Waals surface area contributed by atoms with E-state index in [2.05, 4.69) is 22.8 Å². The van der Waals surface area contributed by atoms with Crippen molar-refractivity contribution in [1.82, 2.24) is 10.6 Å². The van der Waals surface area contributed by atoms with Gasteiger partial charge in [0.15, 0.2) is 18.3 Å². The molecule has 7 rings (SSSR count). The van der Waals surface area contributed by atoms with Crippen LogP contribution in [0.15, 0.2) is 66.4 Å². The lowest BCUT2D eigenvalue weighted by atomic mass is 9.65. The van der Waals surface area contributed by atoms with Crippen LogP contribution in [0.5, 0.6) is 28.7 Å². The molecule has 0 radical (unpaired) electrons. The second-order valence-corrected chi connectivity index (χ2v) is 13.8. The molecular weight excluding hydrogens is 638 g/mol. The molecule has 0 amide bonds. The number of allylic oxidation sites excluding steroid dienone is 2. The zero-order valence-corrected chi connectivity index (χ0v) is 28.4. The molecule has 0 bridgehead atoms. The van der Waals surface area contributed by atoms with Gasteiger partial charge in [-0.3, -0.25) is 4.79 Å². The molecule has 11 nitrogen and oxygen atoms in total. The van der Waals surface area contributed by atoms with E-state index >= 15 is 0 Å². The average molecular weight is 684 g/mol. The van der Waals surface area contributed by atoms with Crippen LogP contribution in [0.1, 0.15) is 66.9 Å². The summed E-state index contributed by atoms with van der Waals surface area (Å²) in [5, 5.41) is 37.4. The third-order valence-electron chi connectivity index (χ3n) is 10.5. The molecule has 1 spiro atoms. The zero-order valence-electron chi connectivity index (χ0n) is 28.4. The molecule has 2 aliphatic carbocycles. The summed E-state index contributed by atoms with van der Waals surface area (Å²) in [6, 6.07) is 12.7. The van der Waals surface area contributed by atoms with Gasteiger partial charge in [0.05, 0.1) is 12.1 Å². The Morgan fingerprint density at radius 1 is 1.14 bits per heavy atom. The number of hydrogen-bond acceptors (Lipinski definition) is 11. The summed E-state index contributed by atoms with van der Waals surface area (Å²) >= 11 is 0. The van der Waals surface area contributed by atoms with E-state index in [0.717, 1.165) is 64.8 Å². The van der Waals surface area contributed by atoms with Crippen molar-refractivity contribution in [2.24, 2.45) is 11.7 Å². The Labute approximate surface area is 291 Å². The highest BCUT2D eigenvalue weighted by atomic mass is 16.6. The minimum atomic E-state index is -0.535. The highest BCUT2D eigenvalue weighted by Crippen LogP contribution is 2.62. The molecule has 5 atom stereocenters. The van der Waals surface area contributed by atoms with Gasteiger partial charge >= 0.3 is 5.97 Å². The van der Waals surface area contributed by atoms with Gasteiger partial charge in [0.1, 0.15) is 36.6 Å². The number of carbonyl (C=O) groups excluding carboxylic acids is 1. The number of nitrogens with two attached hydrogens (primary N) is 1. The van der Waals surface area contributed by atoms with E-state index < -0.39 is 12.9 Å². The molecule has 2 heterocycles. The Morgan fingerprint density at radius 3 is 2.76 bits per heavy atom.